The summed E-state index contributed by atoms with van der Waals surface area (Å²) >= 11 is 0. The van der Waals surface area contributed by atoms with Gasteiger partial charge in [-0.25, -0.2) is 5.48 Å². The Morgan fingerprint density at radius 3 is 3.25 bits per heavy atom. The number of amides is 1. The highest BCUT2D eigenvalue weighted by molar-refractivity contribution is 5.93. The highest BCUT2D eigenvalue weighted by atomic mass is 16.6. The van der Waals surface area contributed by atoms with Crippen LogP contribution in [0.4, 0.5) is 0 Å². The van der Waals surface area contributed by atoms with Crippen LogP contribution in [0.3, 0.4) is 0 Å². The number of terminal acetylenes is 1. The van der Waals surface area contributed by atoms with E-state index in [-0.39, 0.29) is 12.5 Å². The summed E-state index contributed by atoms with van der Waals surface area (Å²) in [5.74, 6) is 1.91. The van der Waals surface area contributed by atoms with Gasteiger partial charge in [0, 0.05) is 12.4 Å². The molecule has 1 aromatic heterocycles. The summed E-state index contributed by atoms with van der Waals surface area (Å²) in [6, 6.07) is 1.63. The maximum absolute atomic E-state index is 11.1. The highest BCUT2D eigenvalue weighted by Crippen LogP contribution is 1.94. The van der Waals surface area contributed by atoms with Crippen LogP contribution in [0.2, 0.25) is 0 Å². The Balaban J connectivity index is 2.36. The van der Waals surface area contributed by atoms with Gasteiger partial charge in [-0.15, -0.1) is 6.42 Å². The van der Waals surface area contributed by atoms with Crippen LogP contribution in [0.25, 0.3) is 0 Å². The molecule has 0 unspecified atom stereocenters. The Morgan fingerprint density at radius 2 is 2.67 bits per heavy atom. The quantitative estimate of drug-likeness (QED) is 0.383. The van der Waals surface area contributed by atoms with E-state index >= 15 is 0 Å². The summed E-state index contributed by atoms with van der Waals surface area (Å²) < 4.78 is 0. The van der Waals surface area contributed by atoms with Gasteiger partial charge in [-0.2, -0.15) is 0 Å². The summed E-state index contributed by atoms with van der Waals surface area (Å²) in [6.07, 6.45) is 8.11. The normalized spacial score (nSPS) is 8.92. The van der Waals surface area contributed by atoms with Gasteiger partial charge in [-0.3, -0.25) is 9.63 Å². The molecule has 0 radical (unpaired) electrons. The number of hydrogen-bond donors (Lipinski definition) is 2. The molecule has 0 aliphatic rings. The third-order valence-corrected chi connectivity index (χ3v) is 1.18. The first kappa shape index (κ1) is 8.37. The maximum Gasteiger partial charge on any atom is 0.276 e. The minimum Gasteiger partial charge on any atom is -0.367 e. The van der Waals surface area contributed by atoms with Crippen molar-refractivity contribution >= 4 is 5.91 Å². The van der Waals surface area contributed by atoms with E-state index in [1.54, 1.807) is 18.5 Å². The molecule has 0 aromatic carbocycles. The molecule has 0 aliphatic heterocycles. The van der Waals surface area contributed by atoms with Gasteiger partial charge < -0.3 is 4.98 Å². The number of hydrogen-bond acceptors (Lipinski definition) is 2. The van der Waals surface area contributed by atoms with Gasteiger partial charge in [-0.05, 0) is 6.07 Å². The molecule has 0 bridgehead atoms. The molecule has 2 N–H and O–H groups in total. The molecule has 1 aromatic rings. The number of carbonyl (C=O) groups is 1. The molecule has 4 heteroatoms. The number of aromatic nitrogens is 1. The second-order valence-corrected chi connectivity index (χ2v) is 2.02. The maximum atomic E-state index is 11.1. The van der Waals surface area contributed by atoms with E-state index in [0.29, 0.717) is 5.56 Å². The first-order valence-electron chi connectivity index (χ1n) is 3.33. The highest BCUT2D eigenvalue weighted by Gasteiger charge is 2.03. The molecule has 0 spiro atoms. The van der Waals surface area contributed by atoms with E-state index in [2.05, 4.69) is 21.2 Å². The summed E-state index contributed by atoms with van der Waals surface area (Å²) in [5, 5.41) is 0. The number of aromatic amines is 1. The summed E-state index contributed by atoms with van der Waals surface area (Å²) in [5.41, 5.74) is 2.69. The fourth-order valence-electron chi connectivity index (χ4n) is 0.667. The van der Waals surface area contributed by atoms with Crippen LogP contribution in [0, 0.1) is 12.3 Å². The van der Waals surface area contributed by atoms with Gasteiger partial charge in [0.2, 0.25) is 0 Å². The number of H-pyrrole nitrogens is 1. The van der Waals surface area contributed by atoms with E-state index in [1.807, 2.05) is 0 Å². The lowest BCUT2D eigenvalue weighted by Crippen LogP contribution is -2.23. The van der Waals surface area contributed by atoms with Crippen LogP contribution in [0.1, 0.15) is 10.4 Å². The average Bonchev–Trinajstić information content (AvgIpc) is 2.56. The topological polar surface area (TPSA) is 54.1 Å². The van der Waals surface area contributed by atoms with Crippen molar-refractivity contribution in [3.05, 3.63) is 24.0 Å². The van der Waals surface area contributed by atoms with Crippen LogP contribution in [0.5, 0.6) is 0 Å². The van der Waals surface area contributed by atoms with Crippen molar-refractivity contribution in [1.29, 1.82) is 0 Å². The van der Waals surface area contributed by atoms with Crippen molar-refractivity contribution in [2.75, 3.05) is 6.61 Å². The fraction of sp³-hybridized carbons (Fsp3) is 0.125. The molecular weight excluding hydrogens is 156 g/mol. The Morgan fingerprint density at radius 1 is 1.83 bits per heavy atom. The zero-order chi connectivity index (χ0) is 8.81. The molecule has 0 atom stereocenters. The molecule has 4 nitrogen and oxygen atoms in total. The smallest absolute Gasteiger partial charge is 0.276 e. The number of carbonyl (C=O) groups excluding carboxylic acids is 1. The van der Waals surface area contributed by atoms with Gasteiger partial charge in [0.05, 0.1) is 5.56 Å². The summed E-state index contributed by atoms with van der Waals surface area (Å²) in [4.78, 5) is 18.4. The van der Waals surface area contributed by atoms with Crippen molar-refractivity contribution in [3.63, 3.8) is 0 Å². The zero-order valence-corrected chi connectivity index (χ0v) is 6.33. The van der Waals surface area contributed by atoms with Crippen LogP contribution >= 0.6 is 0 Å². The predicted octanol–water partition coefficient (Wildman–Crippen LogP) is 0.309. The largest absolute Gasteiger partial charge is 0.367 e. The molecule has 1 rings (SSSR count). The molecule has 0 aliphatic carbocycles. The summed E-state index contributed by atoms with van der Waals surface area (Å²) in [7, 11) is 0. The van der Waals surface area contributed by atoms with Gasteiger partial charge in [0.25, 0.3) is 5.91 Å². The van der Waals surface area contributed by atoms with Crippen LogP contribution in [-0.4, -0.2) is 17.5 Å². The van der Waals surface area contributed by atoms with E-state index in [1.165, 1.54) is 0 Å². The van der Waals surface area contributed by atoms with Crippen molar-refractivity contribution in [1.82, 2.24) is 10.5 Å². The third kappa shape index (κ3) is 2.15. The fourth-order valence-corrected chi connectivity index (χ4v) is 0.667. The monoisotopic (exact) mass is 164 g/mol. The molecular formula is C8H8N2O2. The molecule has 0 saturated heterocycles. The van der Waals surface area contributed by atoms with Crippen LogP contribution in [-0.2, 0) is 4.84 Å². The van der Waals surface area contributed by atoms with Crippen molar-refractivity contribution in [3.8, 4) is 12.3 Å². The summed E-state index contributed by atoms with van der Waals surface area (Å²) in [6.45, 7) is 0.0656. The molecule has 1 amide bonds. The predicted molar refractivity (Wildman–Crippen MR) is 43.0 cm³/mol. The van der Waals surface area contributed by atoms with Crippen molar-refractivity contribution < 1.29 is 9.63 Å². The number of nitrogens with one attached hydrogen (secondary N) is 2. The Labute approximate surface area is 69.9 Å². The lowest BCUT2D eigenvalue weighted by molar-refractivity contribution is 0.0438. The van der Waals surface area contributed by atoms with Crippen molar-refractivity contribution in [2.45, 2.75) is 0 Å². The van der Waals surface area contributed by atoms with Gasteiger partial charge in [0.1, 0.15) is 6.61 Å². The molecule has 0 saturated carbocycles. The van der Waals surface area contributed by atoms with E-state index in [0.717, 1.165) is 0 Å². The second kappa shape index (κ2) is 4.21. The second-order valence-electron chi connectivity index (χ2n) is 2.02. The molecule has 62 valence electrons. The van der Waals surface area contributed by atoms with E-state index in [9.17, 15) is 4.79 Å². The Kier molecular flexibility index (Phi) is 2.94. The SMILES string of the molecule is C#CCONC(=O)c1cc[nH]c1. The van der Waals surface area contributed by atoms with Gasteiger partial charge >= 0.3 is 0 Å². The number of hydroxylamine groups is 1. The Hall–Kier alpha value is -1.73. The van der Waals surface area contributed by atoms with Gasteiger partial charge in [0.15, 0.2) is 0 Å². The average molecular weight is 164 g/mol. The first-order chi connectivity index (χ1) is 5.84. The molecule has 1 heterocycles. The minimum atomic E-state index is -0.313. The lowest BCUT2D eigenvalue weighted by atomic mass is 10.3. The zero-order valence-electron chi connectivity index (χ0n) is 6.33. The minimum absolute atomic E-state index is 0.0656. The lowest BCUT2D eigenvalue weighted by Gasteiger charge is -1.99. The Bertz CT molecular complexity index is 285. The third-order valence-electron chi connectivity index (χ3n) is 1.18. The van der Waals surface area contributed by atoms with E-state index < -0.39 is 0 Å². The number of rotatable bonds is 3. The van der Waals surface area contributed by atoms with Crippen LogP contribution < -0.4 is 5.48 Å². The van der Waals surface area contributed by atoms with E-state index in [4.69, 9.17) is 6.42 Å². The molecule has 12 heavy (non-hydrogen) atoms. The molecule has 0 fully saturated rings. The first-order valence-corrected chi connectivity index (χ1v) is 3.33. The standard InChI is InChI=1S/C8H8N2O2/c1-2-5-12-10-8(11)7-3-4-9-6-7/h1,3-4,6,9H,5H2,(H,10,11). The van der Waals surface area contributed by atoms with Gasteiger partial charge in [-0.1, -0.05) is 5.92 Å². The van der Waals surface area contributed by atoms with Crippen LogP contribution in [0.15, 0.2) is 18.5 Å². The van der Waals surface area contributed by atoms with Crippen molar-refractivity contribution in [2.24, 2.45) is 0 Å².